The summed E-state index contributed by atoms with van der Waals surface area (Å²) in [6.07, 6.45) is 5.22. The van der Waals surface area contributed by atoms with Gasteiger partial charge < -0.3 is 4.74 Å². The highest BCUT2D eigenvalue weighted by Crippen LogP contribution is 2.37. The molecule has 0 saturated carbocycles. The third-order valence-electron chi connectivity index (χ3n) is 2.25. The molecule has 80 valence electrons. The van der Waals surface area contributed by atoms with Crippen LogP contribution in [0.1, 0.15) is 13.3 Å². The fourth-order valence-electron chi connectivity index (χ4n) is 1.52. The van der Waals surface area contributed by atoms with Gasteiger partial charge in [0.2, 0.25) is 5.91 Å². The molecular formula is C10H11NO3S. The number of hydrogen-bond acceptors (Lipinski definition) is 4. The Morgan fingerprint density at radius 2 is 2.53 bits per heavy atom. The van der Waals surface area contributed by atoms with Crippen molar-refractivity contribution in [3.63, 3.8) is 0 Å². The second-order valence-corrected chi connectivity index (χ2v) is 4.43. The van der Waals surface area contributed by atoms with E-state index in [2.05, 4.69) is 0 Å². The average molecular weight is 225 g/mol. The molecule has 0 bridgehead atoms. The maximum atomic E-state index is 11.5. The summed E-state index contributed by atoms with van der Waals surface area (Å²) in [5, 5.41) is 0.135. The molecule has 1 saturated heterocycles. The molecule has 0 aliphatic carbocycles. The lowest BCUT2D eigenvalue weighted by molar-refractivity contribution is -0.146. The van der Waals surface area contributed by atoms with E-state index in [1.165, 1.54) is 11.2 Å². The van der Waals surface area contributed by atoms with Crippen LogP contribution in [-0.2, 0) is 14.3 Å². The normalized spacial score (nSPS) is 24.6. The van der Waals surface area contributed by atoms with E-state index in [4.69, 9.17) is 4.74 Å². The summed E-state index contributed by atoms with van der Waals surface area (Å²) < 4.78 is 4.84. The van der Waals surface area contributed by atoms with Crippen molar-refractivity contribution in [2.24, 2.45) is 0 Å². The molecule has 2 aliphatic heterocycles. The summed E-state index contributed by atoms with van der Waals surface area (Å²) in [7, 11) is 0. The van der Waals surface area contributed by atoms with Crippen LogP contribution in [0.2, 0.25) is 0 Å². The van der Waals surface area contributed by atoms with Gasteiger partial charge in [-0.1, -0.05) is 6.08 Å². The molecule has 4 nitrogen and oxygen atoms in total. The molecule has 0 aromatic rings. The Hall–Kier alpha value is -1.23. The number of allylic oxidation sites excluding steroid dienone is 1. The Bertz CT molecular complexity index is 362. The number of amides is 1. The number of thioether (sulfide) groups is 1. The van der Waals surface area contributed by atoms with Gasteiger partial charge in [-0.15, -0.1) is 11.8 Å². The topological polar surface area (TPSA) is 46.6 Å². The first-order chi connectivity index (χ1) is 7.24. The molecule has 5 heteroatoms. The number of hydrogen-bond donors (Lipinski definition) is 0. The van der Waals surface area contributed by atoms with Gasteiger partial charge in [-0.05, 0) is 13.0 Å². The number of fused-ring (bicyclic) bond motifs is 1. The van der Waals surface area contributed by atoms with Crippen molar-refractivity contribution in [2.45, 2.75) is 18.7 Å². The fourth-order valence-corrected chi connectivity index (χ4v) is 2.64. The zero-order valence-corrected chi connectivity index (χ0v) is 9.12. The van der Waals surface area contributed by atoms with Crippen LogP contribution in [0.5, 0.6) is 0 Å². The molecule has 1 atom stereocenters. The van der Waals surface area contributed by atoms with Gasteiger partial charge in [-0.25, -0.2) is 4.79 Å². The second-order valence-electron chi connectivity index (χ2n) is 3.22. The molecule has 2 heterocycles. The highest BCUT2D eigenvalue weighted by molar-refractivity contribution is 8.00. The van der Waals surface area contributed by atoms with Crippen LogP contribution in [-0.4, -0.2) is 27.9 Å². The molecule has 2 aliphatic rings. The zero-order valence-electron chi connectivity index (χ0n) is 8.30. The molecule has 0 radical (unpaired) electrons. The van der Waals surface area contributed by atoms with Crippen LogP contribution >= 0.6 is 11.8 Å². The van der Waals surface area contributed by atoms with Crippen LogP contribution in [0.4, 0.5) is 0 Å². The van der Waals surface area contributed by atoms with Crippen molar-refractivity contribution in [2.75, 3.05) is 5.75 Å². The Morgan fingerprint density at radius 3 is 3.20 bits per heavy atom. The molecule has 1 fully saturated rings. The smallest absolute Gasteiger partial charge is 0.359 e. The maximum Gasteiger partial charge on any atom is 0.359 e. The van der Waals surface area contributed by atoms with Gasteiger partial charge in [0.1, 0.15) is 5.70 Å². The van der Waals surface area contributed by atoms with Crippen LogP contribution in [0.15, 0.2) is 24.1 Å². The number of ether oxygens (including phenoxy) is 1. The zero-order chi connectivity index (χ0) is 10.8. The maximum absolute atomic E-state index is 11.5. The lowest BCUT2D eigenvalue weighted by Crippen LogP contribution is -2.53. The summed E-state index contributed by atoms with van der Waals surface area (Å²) in [6, 6.07) is 0. The third-order valence-corrected chi connectivity index (χ3v) is 3.37. The van der Waals surface area contributed by atoms with Gasteiger partial charge in [0.05, 0.1) is 18.1 Å². The summed E-state index contributed by atoms with van der Waals surface area (Å²) in [5.41, 5.74) is 0.383. The van der Waals surface area contributed by atoms with Crippen molar-refractivity contribution in [3.05, 3.63) is 24.1 Å². The van der Waals surface area contributed by atoms with Gasteiger partial charge in [-0.3, -0.25) is 9.69 Å². The van der Waals surface area contributed by atoms with Gasteiger partial charge in [0, 0.05) is 5.75 Å². The molecule has 0 aromatic heterocycles. The quantitative estimate of drug-likeness (QED) is 0.403. The van der Waals surface area contributed by atoms with E-state index in [0.717, 1.165) is 5.75 Å². The SMILES string of the molecule is CC=COC(=O)C1=CCSC2CC(=O)N12. The van der Waals surface area contributed by atoms with Crippen molar-refractivity contribution in [1.29, 1.82) is 0 Å². The lowest BCUT2D eigenvalue weighted by atomic mass is 10.1. The highest BCUT2D eigenvalue weighted by atomic mass is 32.2. The van der Waals surface area contributed by atoms with Crippen molar-refractivity contribution in [3.8, 4) is 0 Å². The Morgan fingerprint density at radius 1 is 1.73 bits per heavy atom. The minimum absolute atomic E-state index is 0.00382. The van der Waals surface area contributed by atoms with Crippen molar-refractivity contribution in [1.82, 2.24) is 4.90 Å². The van der Waals surface area contributed by atoms with Gasteiger partial charge >= 0.3 is 5.97 Å². The largest absolute Gasteiger partial charge is 0.430 e. The van der Waals surface area contributed by atoms with E-state index in [9.17, 15) is 9.59 Å². The van der Waals surface area contributed by atoms with Gasteiger partial charge in [0.15, 0.2) is 0 Å². The Kier molecular flexibility index (Phi) is 2.81. The van der Waals surface area contributed by atoms with E-state index in [0.29, 0.717) is 12.1 Å². The standard InChI is InChI=1S/C10H11NO3S/c1-2-4-14-10(13)7-3-5-15-9-6-8(12)11(7)9/h2-4,9H,5-6H2,1H3. The molecule has 1 unspecified atom stereocenters. The number of rotatable bonds is 2. The predicted octanol–water partition coefficient (Wildman–Crippen LogP) is 1.25. The van der Waals surface area contributed by atoms with Crippen molar-refractivity contribution >= 4 is 23.6 Å². The summed E-state index contributed by atoms with van der Waals surface area (Å²) in [5.74, 6) is 0.302. The molecule has 0 spiro atoms. The Balaban J connectivity index is 2.10. The van der Waals surface area contributed by atoms with E-state index < -0.39 is 5.97 Å². The molecular weight excluding hydrogens is 214 g/mol. The number of nitrogens with zero attached hydrogens (tertiary/aromatic N) is 1. The second kappa shape index (κ2) is 4.10. The summed E-state index contributed by atoms with van der Waals surface area (Å²) in [4.78, 5) is 24.4. The first-order valence-corrected chi connectivity index (χ1v) is 5.75. The number of esters is 1. The van der Waals surface area contributed by atoms with Crippen LogP contribution in [0.25, 0.3) is 0 Å². The average Bonchev–Trinajstić information content (AvgIpc) is 2.23. The van der Waals surface area contributed by atoms with Crippen molar-refractivity contribution < 1.29 is 14.3 Å². The van der Waals surface area contributed by atoms with Crippen LogP contribution < -0.4 is 0 Å². The number of carbonyl (C=O) groups excluding carboxylic acids is 2. The van der Waals surface area contributed by atoms with E-state index in [1.807, 2.05) is 0 Å². The molecule has 0 N–H and O–H groups in total. The molecule has 0 aromatic carbocycles. The monoisotopic (exact) mass is 225 g/mol. The minimum Gasteiger partial charge on any atom is -0.430 e. The van der Waals surface area contributed by atoms with E-state index in [1.54, 1.807) is 30.8 Å². The molecule has 1 amide bonds. The fraction of sp³-hybridized carbons (Fsp3) is 0.400. The summed E-state index contributed by atoms with van der Waals surface area (Å²) in [6.45, 7) is 1.76. The molecule has 2 rings (SSSR count). The Labute approximate surface area is 92.0 Å². The summed E-state index contributed by atoms with van der Waals surface area (Å²) >= 11 is 1.66. The van der Waals surface area contributed by atoms with Gasteiger partial charge in [-0.2, -0.15) is 0 Å². The number of carbonyl (C=O) groups is 2. The van der Waals surface area contributed by atoms with Gasteiger partial charge in [0.25, 0.3) is 0 Å². The van der Waals surface area contributed by atoms with Crippen LogP contribution in [0.3, 0.4) is 0 Å². The predicted molar refractivity (Wildman–Crippen MR) is 56.7 cm³/mol. The third kappa shape index (κ3) is 1.79. The first-order valence-electron chi connectivity index (χ1n) is 4.70. The first kappa shape index (κ1) is 10.3. The van der Waals surface area contributed by atoms with Crippen LogP contribution in [0, 0.1) is 0 Å². The van der Waals surface area contributed by atoms with E-state index in [-0.39, 0.29) is 11.3 Å². The number of β-lactam (4-membered cyclic amide) rings is 1. The minimum atomic E-state index is -0.452. The molecule has 15 heavy (non-hydrogen) atoms. The highest BCUT2D eigenvalue weighted by Gasteiger charge is 2.43. The van der Waals surface area contributed by atoms with E-state index >= 15 is 0 Å². The lowest BCUT2D eigenvalue weighted by Gasteiger charge is -2.42.